The van der Waals surface area contributed by atoms with E-state index in [1.165, 1.54) is 19.1 Å². The summed E-state index contributed by atoms with van der Waals surface area (Å²) in [6, 6.07) is 7.10. The monoisotopic (exact) mass is 329 g/mol. The zero-order valence-electron chi connectivity index (χ0n) is 12.8. The maximum atomic E-state index is 12.1. The molecule has 0 radical (unpaired) electrons. The molecular weight excluding hydrogens is 306 g/mol. The predicted octanol–water partition coefficient (Wildman–Crippen LogP) is -0.294. The third kappa shape index (κ3) is 6.52. The first kappa shape index (κ1) is 18.6. The molecule has 0 aromatic heterocycles. The van der Waals surface area contributed by atoms with E-state index in [-0.39, 0.29) is 10.8 Å². The Morgan fingerprint density at radius 1 is 1.18 bits per heavy atom. The van der Waals surface area contributed by atoms with Gasteiger partial charge in [0.1, 0.15) is 0 Å². The van der Waals surface area contributed by atoms with Gasteiger partial charge < -0.3 is 15.4 Å². The first-order chi connectivity index (χ1) is 10.5. The Labute approximate surface area is 131 Å². The standard InChI is InChI=1S/C14H23N3O4S/c1-12(14(18)16-9-8-15-10-11-21-2)17-22(19,20)13-6-4-3-5-7-13/h3-7,12,15,17H,8-11H2,1-2H3,(H,16,18). The van der Waals surface area contributed by atoms with E-state index in [1.807, 2.05) is 0 Å². The summed E-state index contributed by atoms with van der Waals surface area (Å²) in [5.74, 6) is -0.368. The fourth-order valence-electron chi connectivity index (χ4n) is 1.68. The van der Waals surface area contributed by atoms with E-state index < -0.39 is 16.1 Å². The number of benzene rings is 1. The minimum Gasteiger partial charge on any atom is -0.383 e. The number of carbonyl (C=O) groups is 1. The van der Waals surface area contributed by atoms with Gasteiger partial charge in [-0.1, -0.05) is 18.2 Å². The van der Waals surface area contributed by atoms with E-state index in [4.69, 9.17) is 4.74 Å². The number of rotatable bonds is 10. The van der Waals surface area contributed by atoms with Gasteiger partial charge >= 0.3 is 0 Å². The van der Waals surface area contributed by atoms with Crippen LogP contribution in [0, 0.1) is 0 Å². The van der Waals surface area contributed by atoms with Crippen molar-refractivity contribution in [1.29, 1.82) is 0 Å². The van der Waals surface area contributed by atoms with Gasteiger partial charge in [0, 0.05) is 26.7 Å². The number of carbonyl (C=O) groups excluding carboxylic acids is 1. The Balaban J connectivity index is 2.38. The molecule has 124 valence electrons. The van der Waals surface area contributed by atoms with Crippen LogP contribution in [-0.4, -0.2) is 53.7 Å². The number of ether oxygens (including phenoxy) is 1. The van der Waals surface area contributed by atoms with Crippen molar-refractivity contribution in [3.05, 3.63) is 30.3 Å². The molecule has 0 saturated heterocycles. The molecule has 0 spiro atoms. The summed E-state index contributed by atoms with van der Waals surface area (Å²) in [4.78, 5) is 12.0. The SMILES string of the molecule is COCCNCCNC(=O)C(C)NS(=O)(=O)c1ccccc1. The van der Waals surface area contributed by atoms with Crippen LogP contribution in [-0.2, 0) is 19.6 Å². The summed E-state index contributed by atoms with van der Waals surface area (Å²) in [6.45, 7) is 3.81. The Hall–Kier alpha value is -1.48. The van der Waals surface area contributed by atoms with Crippen molar-refractivity contribution in [2.75, 3.05) is 33.4 Å². The molecule has 0 aliphatic rings. The van der Waals surface area contributed by atoms with Gasteiger partial charge in [0.15, 0.2) is 0 Å². The molecule has 1 amide bonds. The van der Waals surface area contributed by atoms with Gasteiger partial charge in [-0.05, 0) is 19.1 Å². The van der Waals surface area contributed by atoms with Gasteiger partial charge in [0.2, 0.25) is 15.9 Å². The maximum Gasteiger partial charge on any atom is 0.241 e. The van der Waals surface area contributed by atoms with E-state index in [0.717, 1.165) is 0 Å². The van der Waals surface area contributed by atoms with Gasteiger partial charge in [-0.3, -0.25) is 4.79 Å². The quantitative estimate of drug-likeness (QED) is 0.513. The summed E-state index contributed by atoms with van der Waals surface area (Å²) in [6.07, 6.45) is 0. The Kier molecular flexibility index (Phi) is 8.03. The van der Waals surface area contributed by atoms with E-state index >= 15 is 0 Å². The fourth-order valence-corrected chi connectivity index (χ4v) is 2.90. The largest absolute Gasteiger partial charge is 0.383 e. The highest BCUT2D eigenvalue weighted by atomic mass is 32.2. The molecule has 1 aromatic carbocycles. The van der Waals surface area contributed by atoms with E-state index in [2.05, 4.69) is 15.4 Å². The van der Waals surface area contributed by atoms with Gasteiger partial charge in [-0.2, -0.15) is 4.72 Å². The van der Waals surface area contributed by atoms with Crippen LogP contribution in [0.2, 0.25) is 0 Å². The van der Waals surface area contributed by atoms with Gasteiger partial charge in [-0.15, -0.1) is 0 Å². The number of methoxy groups -OCH3 is 1. The van der Waals surface area contributed by atoms with Gasteiger partial charge in [-0.25, -0.2) is 8.42 Å². The molecule has 0 bridgehead atoms. The van der Waals surface area contributed by atoms with Crippen molar-refractivity contribution in [2.45, 2.75) is 17.9 Å². The Morgan fingerprint density at radius 3 is 2.50 bits per heavy atom. The van der Waals surface area contributed by atoms with Crippen LogP contribution in [0.15, 0.2) is 35.2 Å². The molecule has 0 fully saturated rings. The Bertz CT molecular complexity index is 548. The summed E-state index contributed by atoms with van der Waals surface area (Å²) < 4.78 is 31.4. The average Bonchev–Trinajstić information content (AvgIpc) is 2.51. The van der Waals surface area contributed by atoms with Crippen molar-refractivity contribution in [1.82, 2.24) is 15.4 Å². The lowest BCUT2D eigenvalue weighted by Gasteiger charge is -2.14. The summed E-state index contributed by atoms with van der Waals surface area (Å²) in [5.41, 5.74) is 0. The third-order valence-electron chi connectivity index (χ3n) is 2.86. The molecule has 0 heterocycles. The van der Waals surface area contributed by atoms with Crippen molar-refractivity contribution in [2.24, 2.45) is 0 Å². The second-order valence-corrected chi connectivity index (χ2v) is 6.40. The van der Waals surface area contributed by atoms with E-state index in [0.29, 0.717) is 26.2 Å². The first-order valence-electron chi connectivity index (χ1n) is 7.02. The number of nitrogens with one attached hydrogen (secondary N) is 3. The lowest BCUT2D eigenvalue weighted by molar-refractivity contribution is -0.122. The molecule has 3 N–H and O–H groups in total. The molecule has 1 aromatic rings. The fraction of sp³-hybridized carbons (Fsp3) is 0.500. The number of amides is 1. The number of hydrogen-bond acceptors (Lipinski definition) is 5. The van der Waals surface area contributed by atoms with Crippen molar-refractivity contribution < 1.29 is 17.9 Å². The molecule has 7 nitrogen and oxygen atoms in total. The topological polar surface area (TPSA) is 96.5 Å². The summed E-state index contributed by atoms with van der Waals surface area (Å²) in [7, 11) is -2.08. The van der Waals surface area contributed by atoms with Crippen LogP contribution in [0.5, 0.6) is 0 Å². The van der Waals surface area contributed by atoms with E-state index in [9.17, 15) is 13.2 Å². The highest BCUT2D eigenvalue weighted by Gasteiger charge is 2.21. The molecular formula is C14H23N3O4S. The minimum atomic E-state index is -3.69. The van der Waals surface area contributed by atoms with Crippen LogP contribution < -0.4 is 15.4 Å². The second kappa shape index (κ2) is 9.52. The molecule has 0 aliphatic carbocycles. The molecule has 1 rings (SSSR count). The van der Waals surface area contributed by atoms with Crippen molar-refractivity contribution in [3.63, 3.8) is 0 Å². The summed E-state index contributed by atoms with van der Waals surface area (Å²) >= 11 is 0. The van der Waals surface area contributed by atoms with Crippen LogP contribution in [0.3, 0.4) is 0 Å². The van der Waals surface area contributed by atoms with E-state index in [1.54, 1.807) is 25.3 Å². The van der Waals surface area contributed by atoms with Crippen LogP contribution >= 0.6 is 0 Å². The van der Waals surface area contributed by atoms with Crippen LogP contribution in [0.1, 0.15) is 6.92 Å². The lowest BCUT2D eigenvalue weighted by Crippen LogP contribution is -2.46. The molecule has 8 heteroatoms. The number of hydrogen-bond donors (Lipinski definition) is 3. The smallest absolute Gasteiger partial charge is 0.241 e. The lowest BCUT2D eigenvalue weighted by atomic mass is 10.3. The zero-order chi connectivity index (χ0) is 16.4. The molecule has 1 unspecified atom stereocenters. The molecule has 0 aliphatic heterocycles. The van der Waals surface area contributed by atoms with Crippen LogP contribution in [0.4, 0.5) is 0 Å². The number of sulfonamides is 1. The predicted molar refractivity (Wildman–Crippen MR) is 84.0 cm³/mol. The molecule has 22 heavy (non-hydrogen) atoms. The highest BCUT2D eigenvalue weighted by molar-refractivity contribution is 7.89. The second-order valence-electron chi connectivity index (χ2n) is 4.69. The van der Waals surface area contributed by atoms with Gasteiger partial charge in [0.05, 0.1) is 17.5 Å². The third-order valence-corrected chi connectivity index (χ3v) is 4.42. The van der Waals surface area contributed by atoms with Crippen molar-refractivity contribution >= 4 is 15.9 Å². The normalized spacial score (nSPS) is 12.8. The molecule has 0 saturated carbocycles. The average molecular weight is 329 g/mol. The first-order valence-corrected chi connectivity index (χ1v) is 8.50. The maximum absolute atomic E-state index is 12.1. The Morgan fingerprint density at radius 2 is 1.86 bits per heavy atom. The van der Waals surface area contributed by atoms with Crippen LogP contribution in [0.25, 0.3) is 0 Å². The van der Waals surface area contributed by atoms with Gasteiger partial charge in [0.25, 0.3) is 0 Å². The minimum absolute atomic E-state index is 0.135. The summed E-state index contributed by atoms with van der Waals surface area (Å²) in [5, 5.41) is 5.74. The molecule has 1 atom stereocenters. The highest BCUT2D eigenvalue weighted by Crippen LogP contribution is 2.07. The zero-order valence-corrected chi connectivity index (χ0v) is 13.7. The van der Waals surface area contributed by atoms with Crippen molar-refractivity contribution in [3.8, 4) is 0 Å².